The van der Waals surface area contributed by atoms with Crippen molar-refractivity contribution < 1.29 is 19.4 Å². The highest BCUT2D eigenvalue weighted by Crippen LogP contribution is 2.24. The summed E-state index contributed by atoms with van der Waals surface area (Å²) >= 11 is 0. The molecule has 0 aliphatic carbocycles. The zero-order valence-corrected chi connectivity index (χ0v) is 8.87. The predicted octanol–water partition coefficient (Wildman–Crippen LogP) is -0.0623. The molecule has 1 atom stereocenters. The number of urea groups is 1. The first-order valence-corrected chi connectivity index (χ1v) is 4.79. The zero-order chi connectivity index (χ0) is 11.5. The van der Waals surface area contributed by atoms with Gasteiger partial charge in [0.15, 0.2) is 0 Å². The fourth-order valence-corrected chi connectivity index (χ4v) is 1.52. The summed E-state index contributed by atoms with van der Waals surface area (Å²) in [6, 6.07) is -0.516. The van der Waals surface area contributed by atoms with E-state index >= 15 is 0 Å². The van der Waals surface area contributed by atoms with Gasteiger partial charge in [-0.25, -0.2) is 4.79 Å². The molecule has 0 aromatic carbocycles. The molecule has 15 heavy (non-hydrogen) atoms. The van der Waals surface area contributed by atoms with E-state index in [0.717, 1.165) is 6.42 Å². The molecule has 0 radical (unpaired) electrons. The van der Waals surface area contributed by atoms with E-state index in [2.05, 4.69) is 10.6 Å². The molecule has 1 fully saturated rings. The molecule has 0 aromatic rings. The summed E-state index contributed by atoms with van der Waals surface area (Å²) < 4.78 is 5.42. The van der Waals surface area contributed by atoms with Gasteiger partial charge in [-0.3, -0.25) is 4.79 Å². The molecule has 1 aliphatic rings. The number of carboxylic acid groups (broad SMARTS) is 1. The van der Waals surface area contributed by atoms with Gasteiger partial charge >= 0.3 is 12.0 Å². The van der Waals surface area contributed by atoms with Gasteiger partial charge in [0.05, 0.1) is 18.2 Å². The number of carboxylic acids is 1. The van der Waals surface area contributed by atoms with E-state index in [0.29, 0.717) is 6.61 Å². The van der Waals surface area contributed by atoms with Crippen molar-refractivity contribution in [1.82, 2.24) is 10.6 Å². The highest BCUT2D eigenvalue weighted by molar-refractivity contribution is 5.80. The van der Waals surface area contributed by atoms with Crippen LogP contribution in [0.2, 0.25) is 0 Å². The van der Waals surface area contributed by atoms with Crippen molar-refractivity contribution in [3.8, 4) is 0 Å². The average molecular weight is 216 g/mol. The number of amides is 2. The van der Waals surface area contributed by atoms with Gasteiger partial charge in [-0.1, -0.05) is 0 Å². The molecular weight excluding hydrogens is 200 g/mol. The van der Waals surface area contributed by atoms with Gasteiger partial charge in [-0.2, -0.15) is 0 Å². The molecular formula is C9H16N2O4. The molecule has 0 bridgehead atoms. The smallest absolute Gasteiger partial charge is 0.323 e. The number of hydrogen-bond donors (Lipinski definition) is 3. The SMILES string of the molecule is CC1(C)CC(NC(=O)NCC(=O)O)CO1. The third-order valence-electron chi connectivity index (χ3n) is 2.15. The molecule has 1 unspecified atom stereocenters. The second kappa shape index (κ2) is 4.48. The Hall–Kier alpha value is -1.30. The second-order valence-electron chi connectivity index (χ2n) is 4.19. The van der Waals surface area contributed by atoms with Crippen molar-refractivity contribution >= 4 is 12.0 Å². The maximum absolute atomic E-state index is 11.2. The molecule has 0 aromatic heterocycles. The van der Waals surface area contributed by atoms with E-state index in [-0.39, 0.29) is 18.2 Å². The monoisotopic (exact) mass is 216 g/mol. The molecule has 3 N–H and O–H groups in total. The quantitative estimate of drug-likeness (QED) is 0.616. The normalized spacial score (nSPS) is 23.5. The first kappa shape index (κ1) is 11.8. The van der Waals surface area contributed by atoms with Crippen molar-refractivity contribution in [2.75, 3.05) is 13.2 Å². The van der Waals surface area contributed by atoms with Crippen molar-refractivity contribution in [3.05, 3.63) is 0 Å². The number of rotatable bonds is 3. The van der Waals surface area contributed by atoms with E-state index in [1.54, 1.807) is 0 Å². The number of ether oxygens (including phenoxy) is 1. The molecule has 1 rings (SSSR count). The molecule has 0 spiro atoms. The number of carbonyl (C=O) groups is 2. The Morgan fingerprint density at radius 2 is 2.20 bits per heavy atom. The summed E-state index contributed by atoms with van der Waals surface area (Å²) in [5, 5.41) is 13.2. The van der Waals surface area contributed by atoms with E-state index < -0.39 is 12.0 Å². The lowest BCUT2D eigenvalue weighted by Gasteiger charge is -2.16. The van der Waals surface area contributed by atoms with Gasteiger partial charge in [0, 0.05) is 0 Å². The van der Waals surface area contributed by atoms with Crippen molar-refractivity contribution in [3.63, 3.8) is 0 Å². The van der Waals surface area contributed by atoms with Crippen LogP contribution < -0.4 is 10.6 Å². The van der Waals surface area contributed by atoms with Crippen LogP contribution in [0, 0.1) is 0 Å². The van der Waals surface area contributed by atoms with Crippen LogP contribution in [-0.2, 0) is 9.53 Å². The lowest BCUT2D eigenvalue weighted by molar-refractivity contribution is -0.135. The summed E-state index contributed by atoms with van der Waals surface area (Å²) in [5.74, 6) is -1.06. The Kier molecular flexibility index (Phi) is 3.52. The lowest BCUT2D eigenvalue weighted by atomic mass is 10.0. The van der Waals surface area contributed by atoms with E-state index in [9.17, 15) is 9.59 Å². The maximum atomic E-state index is 11.2. The first-order chi connectivity index (χ1) is 6.89. The van der Waals surface area contributed by atoms with Crippen LogP contribution in [-0.4, -0.2) is 41.9 Å². The summed E-state index contributed by atoms with van der Waals surface area (Å²) in [6.07, 6.45) is 0.730. The Bertz CT molecular complexity index is 265. The second-order valence-corrected chi connectivity index (χ2v) is 4.19. The van der Waals surface area contributed by atoms with Crippen LogP contribution in [0.15, 0.2) is 0 Å². The Balaban J connectivity index is 2.25. The van der Waals surface area contributed by atoms with Gasteiger partial charge in [0.25, 0.3) is 0 Å². The topological polar surface area (TPSA) is 87.7 Å². The highest BCUT2D eigenvalue weighted by Gasteiger charge is 2.32. The van der Waals surface area contributed by atoms with Gasteiger partial charge in [0.1, 0.15) is 6.54 Å². The fourth-order valence-electron chi connectivity index (χ4n) is 1.52. The predicted molar refractivity (Wildman–Crippen MR) is 52.6 cm³/mol. The third-order valence-corrected chi connectivity index (χ3v) is 2.15. The van der Waals surface area contributed by atoms with Crippen LogP contribution in [0.4, 0.5) is 4.79 Å². The van der Waals surface area contributed by atoms with Crippen LogP contribution in [0.1, 0.15) is 20.3 Å². The molecule has 86 valence electrons. The van der Waals surface area contributed by atoms with Crippen LogP contribution >= 0.6 is 0 Å². The number of carbonyl (C=O) groups excluding carboxylic acids is 1. The van der Waals surface area contributed by atoms with Gasteiger partial charge in [-0.05, 0) is 20.3 Å². The first-order valence-electron chi connectivity index (χ1n) is 4.79. The summed E-state index contributed by atoms with van der Waals surface area (Å²) in [7, 11) is 0. The summed E-state index contributed by atoms with van der Waals surface area (Å²) in [5.41, 5.74) is -0.218. The number of hydrogen-bond acceptors (Lipinski definition) is 3. The summed E-state index contributed by atoms with van der Waals surface area (Å²) in [4.78, 5) is 21.4. The molecule has 6 heteroatoms. The van der Waals surface area contributed by atoms with E-state index in [1.807, 2.05) is 13.8 Å². The number of aliphatic carboxylic acids is 1. The molecule has 1 saturated heterocycles. The number of nitrogens with one attached hydrogen (secondary N) is 2. The van der Waals surface area contributed by atoms with Crippen LogP contribution in [0.5, 0.6) is 0 Å². The Morgan fingerprint density at radius 3 is 2.67 bits per heavy atom. The van der Waals surface area contributed by atoms with Gasteiger partial charge in [-0.15, -0.1) is 0 Å². The van der Waals surface area contributed by atoms with E-state index in [1.165, 1.54) is 0 Å². The van der Waals surface area contributed by atoms with Crippen molar-refractivity contribution in [1.29, 1.82) is 0 Å². The molecule has 1 aliphatic heterocycles. The average Bonchev–Trinajstić information content (AvgIpc) is 2.42. The van der Waals surface area contributed by atoms with Crippen LogP contribution in [0.3, 0.4) is 0 Å². The molecule has 0 saturated carbocycles. The Morgan fingerprint density at radius 1 is 1.53 bits per heavy atom. The molecule has 6 nitrogen and oxygen atoms in total. The molecule has 1 heterocycles. The Labute approximate surface area is 88.0 Å². The highest BCUT2D eigenvalue weighted by atomic mass is 16.5. The minimum atomic E-state index is -1.06. The lowest BCUT2D eigenvalue weighted by Crippen LogP contribution is -2.44. The fraction of sp³-hybridized carbons (Fsp3) is 0.778. The van der Waals surface area contributed by atoms with E-state index in [4.69, 9.17) is 9.84 Å². The summed E-state index contributed by atoms with van der Waals surface area (Å²) in [6.45, 7) is 3.99. The van der Waals surface area contributed by atoms with Crippen molar-refractivity contribution in [2.24, 2.45) is 0 Å². The standard InChI is InChI=1S/C9H16N2O4/c1-9(2)3-6(5-15-9)11-8(14)10-4-7(12)13/h6H,3-5H2,1-2H3,(H,12,13)(H2,10,11,14). The maximum Gasteiger partial charge on any atom is 0.323 e. The third kappa shape index (κ3) is 4.16. The van der Waals surface area contributed by atoms with Gasteiger partial charge in [0.2, 0.25) is 0 Å². The molecule has 2 amide bonds. The largest absolute Gasteiger partial charge is 0.480 e. The van der Waals surface area contributed by atoms with Gasteiger partial charge < -0.3 is 20.5 Å². The van der Waals surface area contributed by atoms with Crippen LogP contribution in [0.25, 0.3) is 0 Å². The minimum absolute atomic E-state index is 0.0474. The van der Waals surface area contributed by atoms with Crippen molar-refractivity contribution in [2.45, 2.75) is 31.9 Å². The zero-order valence-electron chi connectivity index (χ0n) is 8.87. The minimum Gasteiger partial charge on any atom is -0.480 e.